The van der Waals surface area contributed by atoms with Crippen molar-refractivity contribution in [2.24, 2.45) is 0 Å². The maximum Gasteiger partial charge on any atom is 0.240 e. The Morgan fingerprint density at radius 2 is 2.00 bits per heavy atom. The van der Waals surface area contributed by atoms with Crippen molar-refractivity contribution in [1.82, 2.24) is 14.7 Å². The van der Waals surface area contributed by atoms with Crippen LogP contribution in [0.2, 0.25) is 0 Å². The molecule has 1 aliphatic rings. The van der Waals surface area contributed by atoms with Gasteiger partial charge in [-0.05, 0) is 51.0 Å². The predicted molar refractivity (Wildman–Crippen MR) is 106 cm³/mol. The van der Waals surface area contributed by atoms with Crippen molar-refractivity contribution in [3.8, 4) is 11.9 Å². The van der Waals surface area contributed by atoms with Crippen molar-refractivity contribution in [3.63, 3.8) is 0 Å². The fourth-order valence-corrected chi connectivity index (χ4v) is 4.25. The summed E-state index contributed by atoms with van der Waals surface area (Å²) < 4.78 is 32.7. The minimum absolute atomic E-state index is 0.154. The summed E-state index contributed by atoms with van der Waals surface area (Å²) in [5.74, 6) is 0.373. The number of aliphatic hydroxyl groups is 1. The van der Waals surface area contributed by atoms with Gasteiger partial charge in [-0.2, -0.15) is 10.2 Å². The van der Waals surface area contributed by atoms with Gasteiger partial charge < -0.3 is 15.2 Å². The third-order valence-electron chi connectivity index (χ3n) is 4.32. The summed E-state index contributed by atoms with van der Waals surface area (Å²) in [6.07, 6.45) is 2.62. The molecule has 1 saturated carbocycles. The largest absolute Gasteiger partial charge is 0.473 e. The molecule has 0 unspecified atom stereocenters. The molecule has 1 aromatic carbocycles. The molecule has 0 spiro atoms. The molecule has 3 N–H and O–H groups in total. The van der Waals surface area contributed by atoms with Crippen LogP contribution in [-0.2, 0) is 10.0 Å². The molecular formula is C19H23N5O4S. The van der Waals surface area contributed by atoms with Crippen LogP contribution in [0.1, 0.15) is 38.7 Å². The van der Waals surface area contributed by atoms with Gasteiger partial charge in [-0.1, -0.05) is 0 Å². The third-order valence-corrected chi connectivity index (χ3v) is 6.00. The zero-order valence-electron chi connectivity index (χ0n) is 16.2. The van der Waals surface area contributed by atoms with Crippen LogP contribution >= 0.6 is 0 Å². The van der Waals surface area contributed by atoms with Gasteiger partial charge in [0.2, 0.25) is 21.9 Å². The first-order valence-corrected chi connectivity index (χ1v) is 10.8. The second-order valence-electron chi connectivity index (χ2n) is 7.16. The van der Waals surface area contributed by atoms with E-state index in [9.17, 15) is 18.8 Å². The molecule has 1 fully saturated rings. The van der Waals surface area contributed by atoms with Crippen molar-refractivity contribution < 1.29 is 18.3 Å². The van der Waals surface area contributed by atoms with E-state index >= 15 is 0 Å². The lowest BCUT2D eigenvalue weighted by Crippen LogP contribution is -2.30. The summed E-state index contributed by atoms with van der Waals surface area (Å²) in [4.78, 5) is 8.51. The van der Waals surface area contributed by atoms with Crippen LogP contribution in [0.5, 0.6) is 5.88 Å². The highest BCUT2D eigenvalue weighted by Crippen LogP contribution is 2.26. The number of aliphatic hydroxyl groups excluding tert-OH is 1. The van der Waals surface area contributed by atoms with Gasteiger partial charge in [0.15, 0.2) is 0 Å². The van der Waals surface area contributed by atoms with Gasteiger partial charge in [0.05, 0.1) is 17.2 Å². The topological polar surface area (TPSA) is 137 Å². The Kier molecular flexibility index (Phi) is 6.32. The quantitative estimate of drug-likeness (QED) is 0.622. The van der Waals surface area contributed by atoms with Crippen molar-refractivity contribution in [2.75, 3.05) is 5.32 Å². The Hall–Kier alpha value is -2.74. The molecule has 9 nitrogen and oxygen atoms in total. The zero-order chi connectivity index (χ0) is 21.0. The van der Waals surface area contributed by atoms with Crippen LogP contribution in [0.15, 0.2) is 35.4 Å². The maximum absolute atomic E-state index is 12.2. The number of hydrogen-bond acceptors (Lipinski definition) is 8. The maximum atomic E-state index is 12.2. The average Bonchev–Trinajstić information content (AvgIpc) is 3.06. The van der Waals surface area contributed by atoms with Crippen LogP contribution < -0.4 is 14.8 Å². The molecule has 10 heteroatoms. The van der Waals surface area contributed by atoms with Crippen LogP contribution in [0.3, 0.4) is 0 Å². The Labute approximate surface area is 169 Å². The molecule has 0 bridgehead atoms. The van der Waals surface area contributed by atoms with E-state index in [0.29, 0.717) is 24.9 Å². The first kappa shape index (κ1) is 21.0. The number of benzene rings is 1. The SMILES string of the molecule is CC(C)NS(=O)(=O)c1ccc(Nc2ncc(C#N)c(O[C@@H]3CC[C@@H](O)C3)n2)cc1. The number of nitrogens with zero attached hydrogens (tertiary/aromatic N) is 3. The third kappa shape index (κ3) is 5.41. The normalized spacial score (nSPS) is 19.1. The summed E-state index contributed by atoms with van der Waals surface area (Å²) in [7, 11) is -3.57. The van der Waals surface area contributed by atoms with E-state index < -0.39 is 16.1 Å². The molecule has 1 heterocycles. The van der Waals surface area contributed by atoms with E-state index in [1.165, 1.54) is 18.3 Å². The number of anilines is 2. The molecule has 0 radical (unpaired) electrons. The van der Waals surface area contributed by atoms with E-state index in [0.717, 1.165) is 0 Å². The van der Waals surface area contributed by atoms with E-state index in [1.54, 1.807) is 26.0 Å². The fraction of sp³-hybridized carbons (Fsp3) is 0.421. The molecule has 2 atom stereocenters. The Morgan fingerprint density at radius 1 is 1.28 bits per heavy atom. The predicted octanol–water partition coefficient (Wildman–Crippen LogP) is 2.07. The van der Waals surface area contributed by atoms with Gasteiger partial charge >= 0.3 is 0 Å². The summed E-state index contributed by atoms with van der Waals surface area (Å²) in [5.41, 5.74) is 0.790. The number of sulfonamides is 1. The second kappa shape index (κ2) is 8.73. The average molecular weight is 417 g/mol. The monoisotopic (exact) mass is 417 g/mol. The van der Waals surface area contributed by atoms with Gasteiger partial charge in [-0.25, -0.2) is 18.1 Å². The summed E-state index contributed by atoms with van der Waals surface area (Å²) in [5, 5.41) is 21.9. The van der Waals surface area contributed by atoms with Crippen molar-refractivity contribution in [3.05, 3.63) is 36.0 Å². The minimum Gasteiger partial charge on any atom is -0.473 e. The van der Waals surface area contributed by atoms with Gasteiger partial charge in [0.25, 0.3) is 0 Å². The molecule has 154 valence electrons. The standard InChI is InChI=1S/C19H23N5O4S/c1-12(2)24-29(26,27)17-7-3-14(4-8-17)22-19-21-11-13(10-20)18(23-19)28-16-6-5-15(25)9-16/h3-4,7-8,11-12,15-16,24-25H,5-6,9H2,1-2H3,(H,21,22,23)/t15-,16-/m1/s1. The number of hydrogen-bond donors (Lipinski definition) is 3. The summed E-state index contributed by atoms with van der Waals surface area (Å²) >= 11 is 0. The van der Waals surface area contributed by atoms with Gasteiger partial charge in [0, 0.05) is 18.2 Å². The van der Waals surface area contributed by atoms with Crippen LogP contribution in [0.25, 0.3) is 0 Å². The number of nitriles is 1. The second-order valence-corrected chi connectivity index (χ2v) is 8.87. The van der Waals surface area contributed by atoms with E-state index in [4.69, 9.17) is 4.74 Å². The molecule has 0 aliphatic heterocycles. The lowest BCUT2D eigenvalue weighted by molar-refractivity contribution is 0.146. The molecule has 0 saturated heterocycles. The molecule has 2 aromatic rings. The Balaban J connectivity index is 1.74. The van der Waals surface area contributed by atoms with Gasteiger partial charge in [-0.15, -0.1) is 0 Å². The molecule has 3 rings (SSSR count). The number of ether oxygens (including phenoxy) is 1. The highest BCUT2D eigenvalue weighted by Gasteiger charge is 2.26. The van der Waals surface area contributed by atoms with E-state index in [-0.39, 0.29) is 34.4 Å². The first-order valence-electron chi connectivity index (χ1n) is 9.28. The Bertz CT molecular complexity index is 1000. The zero-order valence-corrected chi connectivity index (χ0v) is 17.0. The Morgan fingerprint density at radius 3 is 2.59 bits per heavy atom. The smallest absolute Gasteiger partial charge is 0.240 e. The summed E-state index contributed by atoms with van der Waals surface area (Å²) in [6, 6.07) is 7.96. The molecule has 29 heavy (non-hydrogen) atoms. The molecule has 1 aromatic heterocycles. The van der Waals surface area contributed by atoms with Crippen molar-refractivity contribution >= 4 is 21.7 Å². The first-order chi connectivity index (χ1) is 13.8. The molecule has 0 amide bonds. The molecule has 1 aliphatic carbocycles. The number of nitrogens with one attached hydrogen (secondary N) is 2. The van der Waals surface area contributed by atoms with Crippen LogP contribution in [-0.4, -0.2) is 41.7 Å². The number of rotatable bonds is 7. The lowest BCUT2D eigenvalue weighted by atomic mass is 10.3. The van der Waals surface area contributed by atoms with E-state index in [2.05, 4.69) is 20.0 Å². The van der Waals surface area contributed by atoms with E-state index in [1.807, 2.05) is 6.07 Å². The fourth-order valence-electron chi connectivity index (χ4n) is 3.00. The van der Waals surface area contributed by atoms with Crippen molar-refractivity contribution in [2.45, 2.75) is 56.3 Å². The van der Waals surface area contributed by atoms with Gasteiger partial charge in [0.1, 0.15) is 17.7 Å². The highest BCUT2D eigenvalue weighted by atomic mass is 32.2. The number of aromatic nitrogens is 2. The van der Waals surface area contributed by atoms with Crippen LogP contribution in [0.4, 0.5) is 11.6 Å². The minimum atomic E-state index is -3.57. The lowest BCUT2D eigenvalue weighted by Gasteiger charge is -2.14. The highest BCUT2D eigenvalue weighted by molar-refractivity contribution is 7.89. The van der Waals surface area contributed by atoms with Crippen molar-refractivity contribution in [1.29, 1.82) is 5.26 Å². The van der Waals surface area contributed by atoms with Gasteiger partial charge in [-0.3, -0.25) is 0 Å². The molecular weight excluding hydrogens is 394 g/mol. The summed E-state index contributed by atoms with van der Waals surface area (Å²) in [6.45, 7) is 3.50. The van der Waals surface area contributed by atoms with Crippen LogP contribution in [0, 0.1) is 11.3 Å².